The van der Waals surface area contributed by atoms with E-state index in [1.165, 1.54) is 24.4 Å². The van der Waals surface area contributed by atoms with Crippen molar-refractivity contribution in [3.63, 3.8) is 0 Å². The van der Waals surface area contributed by atoms with E-state index in [0.717, 1.165) is 29.6 Å². The van der Waals surface area contributed by atoms with Crippen LogP contribution >= 0.6 is 0 Å². The number of nitrogens with zero attached hydrogens (tertiary/aromatic N) is 4. The number of amides is 2. The molecule has 2 N–H and O–H groups in total. The van der Waals surface area contributed by atoms with E-state index < -0.39 is 0 Å². The highest BCUT2D eigenvalue weighted by Gasteiger charge is 2.38. The Kier molecular flexibility index (Phi) is 7.60. The summed E-state index contributed by atoms with van der Waals surface area (Å²) in [5, 5.41) is 3.72. The van der Waals surface area contributed by atoms with E-state index in [-0.39, 0.29) is 17.4 Å². The molecule has 0 spiro atoms. The van der Waals surface area contributed by atoms with Crippen LogP contribution in [-0.4, -0.2) is 65.0 Å². The number of carbonyl (C=O) groups is 2. The number of ether oxygens (including phenoxy) is 1. The normalized spacial score (nSPS) is 14.8. The van der Waals surface area contributed by atoms with Crippen LogP contribution in [0.25, 0.3) is 11.0 Å². The van der Waals surface area contributed by atoms with Crippen molar-refractivity contribution in [1.82, 2.24) is 25.2 Å². The molecule has 1 aliphatic rings. The van der Waals surface area contributed by atoms with Gasteiger partial charge in [0.05, 0.1) is 11.0 Å². The van der Waals surface area contributed by atoms with Crippen LogP contribution in [0.3, 0.4) is 0 Å². The van der Waals surface area contributed by atoms with Crippen LogP contribution in [0, 0.1) is 6.92 Å². The Morgan fingerprint density at radius 2 is 1.90 bits per heavy atom. The zero-order valence-electron chi connectivity index (χ0n) is 22.6. The summed E-state index contributed by atoms with van der Waals surface area (Å²) in [5.41, 5.74) is 4.15. The van der Waals surface area contributed by atoms with E-state index in [4.69, 9.17) is 4.74 Å². The van der Waals surface area contributed by atoms with E-state index in [2.05, 4.69) is 39.3 Å². The third-order valence-corrected chi connectivity index (χ3v) is 7.59. The van der Waals surface area contributed by atoms with Gasteiger partial charge < -0.3 is 24.8 Å². The Labute approximate surface area is 228 Å². The van der Waals surface area contributed by atoms with Crippen molar-refractivity contribution in [2.24, 2.45) is 0 Å². The average molecular weight is 527 g/mol. The number of nitrogens with one attached hydrogen (secondary N) is 2. The third-order valence-electron chi connectivity index (χ3n) is 7.59. The summed E-state index contributed by atoms with van der Waals surface area (Å²) >= 11 is 0. The minimum absolute atomic E-state index is 0.0115. The van der Waals surface area contributed by atoms with Crippen LogP contribution in [0.15, 0.2) is 67.1 Å². The number of H-pyrrole nitrogens is 1. The lowest BCUT2D eigenvalue weighted by Crippen LogP contribution is -2.46. The minimum Gasteiger partial charge on any atom is -0.373 e. The quantitative estimate of drug-likeness (QED) is 0.355. The number of hydrogen-bond acceptors (Lipinski definition) is 6. The number of methoxy groups -OCH3 is 1. The lowest BCUT2D eigenvalue weighted by molar-refractivity contribution is -0.118. The Balaban J connectivity index is 1.39. The number of aromatic amines is 1. The minimum atomic E-state index is -0.389. The van der Waals surface area contributed by atoms with Gasteiger partial charge in [0.1, 0.15) is 17.8 Å². The molecule has 3 heterocycles. The predicted octanol–water partition coefficient (Wildman–Crippen LogP) is 4.32. The zero-order valence-corrected chi connectivity index (χ0v) is 22.6. The average Bonchev–Trinajstić information content (AvgIpc) is 3.45. The molecule has 2 aromatic heterocycles. The smallest absolute Gasteiger partial charge is 0.253 e. The summed E-state index contributed by atoms with van der Waals surface area (Å²) in [6, 6.07) is 17.8. The van der Waals surface area contributed by atoms with Gasteiger partial charge in [-0.05, 0) is 55.2 Å². The predicted molar refractivity (Wildman–Crippen MR) is 151 cm³/mol. The second-order valence-corrected chi connectivity index (χ2v) is 9.93. The topological polar surface area (TPSA) is 103 Å². The molecule has 1 aliphatic heterocycles. The van der Waals surface area contributed by atoms with Crippen LogP contribution < -0.4 is 10.2 Å². The van der Waals surface area contributed by atoms with E-state index in [0.29, 0.717) is 37.6 Å². The Morgan fingerprint density at radius 3 is 2.64 bits per heavy atom. The number of aryl methyl sites for hydroxylation is 1. The second-order valence-electron chi connectivity index (χ2n) is 9.93. The van der Waals surface area contributed by atoms with E-state index in [9.17, 15) is 9.59 Å². The number of hydrogen-bond donors (Lipinski definition) is 2. The number of carbonyl (C=O) groups excluding carboxylic acids is 2. The summed E-state index contributed by atoms with van der Waals surface area (Å²) in [7, 11) is 1.76. The summed E-state index contributed by atoms with van der Waals surface area (Å²) in [5.74, 6) is 0.594. The van der Waals surface area contributed by atoms with E-state index in [1.54, 1.807) is 7.11 Å². The molecule has 9 heteroatoms. The molecule has 0 radical (unpaired) electrons. The molecule has 5 rings (SSSR count). The zero-order chi connectivity index (χ0) is 27.4. The first-order valence-corrected chi connectivity index (χ1v) is 13.2. The molecule has 0 unspecified atom stereocenters. The number of piperidine rings is 1. The first-order valence-electron chi connectivity index (χ1n) is 13.2. The van der Waals surface area contributed by atoms with Gasteiger partial charge in [0, 0.05) is 57.7 Å². The molecular weight excluding hydrogens is 492 g/mol. The molecule has 202 valence electrons. The molecular formula is C30H34N6O3. The van der Waals surface area contributed by atoms with Gasteiger partial charge >= 0.3 is 0 Å². The van der Waals surface area contributed by atoms with Gasteiger partial charge in [0.25, 0.3) is 5.91 Å². The molecule has 0 saturated carbocycles. The Hall–Kier alpha value is -4.24. The largest absolute Gasteiger partial charge is 0.373 e. The Bertz CT molecular complexity index is 1470. The fourth-order valence-corrected chi connectivity index (χ4v) is 5.50. The summed E-state index contributed by atoms with van der Waals surface area (Å²) in [6.07, 6.45) is 4.80. The molecule has 9 nitrogen and oxygen atoms in total. The van der Waals surface area contributed by atoms with Crippen molar-refractivity contribution in [3.8, 4) is 0 Å². The maximum atomic E-state index is 13.7. The molecule has 1 saturated heterocycles. The molecule has 2 aromatic carbocycles. The number of likely N-dealkylation sites (tertiary alicyclic amines) is 1. The van der Waals surface area contributed by atoms with Crippen molar-refractivity contribution >= 4 is 34.4 Å². The van der Waals surface area contributed by atoms with Gasteiger partial charge in [0.15, 0.2) is 0 Å². The van der Waals surface area contributed by atoms with Crippen LogP contribution in [0.5, 0.6) is 0 Å². The SMILES string of the molecule is COC1(c2ccccc2C)CCN(C(=O)c2cccc(N(CCNC(C)=O)c3ncnc4[nH]ccc34)c2)CC1. The number of aromatic nitrogens is 3. The fraction of sp³-hybridized carbons (Fsp3) is 0.333. The van der Waals surface area contributed by atoms with Crippen molar-refractivity contribution in [2.45, 2.75) is 32.3 Å². The third kappa shape index (κ3) is 5.35. The van der Waals surface area contributed by atoms with Gasteiger partial charge in [-0.3, -0.25) is 9.59 Å². The number of anilines is 2. The number of rotatable bonds is 8. The maximum absolute atomic E-state index is 13.7. The highest BCUT2D eigenvalue weighted by Crippen LogP contribution is 2.38. The first kappa shape index (κ1) is 26.4. The van der Waals surface area contributed by atoms with E-state index in [1.807, 2.05) is 58.5 Å². The Morgan fingerprint density at radius 1 is 1.10 bits per heavy atom. The molecule has 0 aliphatic carbocycles. The molecule has 4 aromatic rings. The standard InChI is InChI=1S/C30H34N6O3/c1-21-7-4-5-10-26(21)30(39-3)12-16-35(17-13-30)29(38)23-8-6-9-24(19-23)36(18-15-31-22(2)37)28-25-11-14-32-27(25)33-20-34-28/h4-11,14,19-20H,12-13,15-18H2,1-3H3,(H,31,37)(H,32,33,34). The van der Waals surface area contributed by atoms with Crippen LogP contribution in [0.1, 0.15) is 41.3 Å². The van der Waals surface area contributed by atoms with Crippen LogP contribution in [0.2, 0.25) is 0 Å². The van der Waals surface area contributed by atoms with Crippen LogP contribution in [0.4, 0.5) is 11.5 Å². The summed E-state index contributed by atoms with van der Waals surface area (Å²) in [6.45, 7) is 5.71. The molecule has 39 heavy (non-hydrogen) atoms. The van der Waals surface area contributed by atoms with Crippen molar-refractivity contribution in [3.05, 3.63) is 83.8 Å². The van der Waals surface area contributed by atoms with Crippen LogP contribution in [-0.2, 0) is 15.1 Å². The molecule has 0 atom stereocenters. The van der Waals surface area contributed by atoms with Crippen molar-refractivity contribution in [1.29, 1.82) is 0 Å². The van der Waals surface area contributed by atoms with Gasteiger partial charge in [0.2, 0.25) is 5.91 Å². The van der Waals surface area contributed by atoms with Gasteiger partial charge in [-0.25, -0.2) is 9.97 Å². The van der Waals surface area contributed by atoms with Crippen molar-refractivity contribution in [2.75, 3.05) is 38.2 Å². The second kappa shape index (κ2) is 11.2. The molecule has 2 amide bonds. The lowest BCUT2D eigenvalue weighted by atomic mass is 9.82. The highest BCUT2D eigenvalue weighted by molar-refractivity contribution is 5.96. The maximum Gasteiger partial charge on any atom is 0.253 e. The summed E-state index contributed by atoms with van der Waals surface area (Å²) < 4.78 is 6.07. The fourth-order valence-electron chi connectivity index (χ4n) is 5.50. The van der Waals surface area contributed by atoms with E-state index >= 15 is 0 Å². The molecule has 1 fully saturated rings. The first-order chi connectivity index (χ1) is 18.9. The van der Waals surface area contributed by atoms with Gasteiger partial charge in [-0.2, -0.15) is 0 Å². The van der Waals surface area contributed by atoms with Gasteiger partial charge in [-0.1, -0.05) is 30.3 Å². The lowest BCUT2D eigenvalue weighted by Gasteiger charge is -2.42. The monoisotopic (exact) mass is 526 g/mol. The van der Waals surface area contributed by atoms with Crippen molar-refractivity contribution < 1.29 is 14.3 Å². The number of benzene rings is 2. The number of fused-ring (bicyclic) bond motifs is 1. The summed E-state index contributed by atoms with van der Waals surface area (Å²) in [4.78, 5) is 41.1. The van der Waals surface area contributed by atoms with Gasteiger partial charge in [-0.15, -0.1) is 0 Å². The molecule has 0 bridgehead atoms. The highest BCUT2D eigenvalue weighted by atomic mass is 16.5.